The van der Waals surface area contributed by atoms with E-state index < -0.39 is 5.60 Å². The summed E-state index contributed by atoms with van der Waals surface area (Å²) >= 11 is 2.39. The Kier molecular flexibility index (Phi) is 7.92. The second kappa shape index (κ2) is 8.71. The largest absolute Gasteiger partial charge is 0.444 e. The van der Waals surface area contributed by atoms with Crippen molar-refractivity contribution in [3.8, 4) is 0 Å². The molecule has 1 aliphatic heterocycles. The summed E-state index contributed by atoms with van der Waals surface area (Å²) < 4.78 is 12.7. The number of rotatable bonds is 6. The zero-order chi connectivity index (χ0) is 16.8. The second-order valence-electron chi connectivity index (χ2n) is 7.53. The Morgan fingerprint density at radius 2 is 2.09 bits per heavy atom. The molecule has 4 nitrogen and oxygen atoms in total. The Balaban J connectivity index is 2.62. The summed E-state index contributed by atoms with van der Waals surface area (Å²) in [7, 11) is 0. The minimum atomic E-state index is -0.446. The van der Waals surface area contributed by atoms with E-state index >= 15 is 0 Å². The number of piperidine rings is 1. The Morgan fingerprint density at radius 1 is 1.41 bits per heavy atom. The molecule has 0 bridgehead atoms. The normalized spacial score (nSPS) is 24.2. The molecule has 5 heteroatoms. The number of likely N-dealkylation sites (tertiary alicyclic amines) is 1. The first-order valence-electron chi connectivity index (χ1n) is 8.39. The van der Waals surface area contributed by atoms with Crippen molar-refractivity contribution in [3.05, 3.63) is 0 Å². The number of amides is 1. The monoisotopic (exact) mass is 425 g/mol. The van der Waals surface area contributed by atoms with Gasteiger partial charge in [0.05, 0.1) is 18.8 Å². The molecular formula is C17H32INO3. The third kappa shape index (κ3) is 6.60. The van der Waals surface area contributed by atoms with Gasteiger partial charge < -0.3 is 14.4 Å². The third-order valence-corrected chi connectivity index (χ3v) is 5.28. The lowest BCUT2D eigenvalue weighted by Gasteiger charge is -2.42. The maximum absolute atomic E-state index is 12.3. The van der Waals surface area contributed by atoms with E-state index in [1.807, 2.05) is 25.7 Å². The summed E-state index contributed by atoms with van der Waals surface area (Å²) in [5.41, 5.74) is -0.657. The molecule has 0 aromatic heterocycles. The van der Waals surface area contributed by atoms with Crippen LogP contribution >= 0.6 is 22.6 Å². The lowest BCUT2D eigenvalue weighted by atomic mass is 9.94. The molecule has 1 amide bonds. The third-order valence-electron chi connectivity index (χ3n) is 3.89. The van der Waals surface area contributed by atoms with Crippen LogP contribution in [0.4, 0.5) is 4.79 Å². The number of hydrogen-bond donors (Lipinski definition) is 0. The Labute approximate surface area is 149 Å². The lowest BCUT2D eigenvalue weighted by molar-refractivity contribution is -0.0845. The molecule has 2 unspecified atom stereocenters. The molecule has 1 heterocycles. The fourth-order valence-corrected chi connectivity index (χ4v) is 3.58. The van der Waals surface area contributed by atoms with E-state index in [9.17, 15) is 4.79 Å². The van der Waals surface area contributed by atoms with Gasteiger partial charge in [-0.25, -0.2) is 4.79 Å². The average Bonchev–Trinajstić information content (AvgIpc) is 2.44. The van der Waals surface area contributed by atoms with Crippen molar-refractivity contribution in [1.82, 2.24) is 4.90 Å². The van der Waals surface area contributed by atoms with Crippen molar-refractivity contribution >= 4 is 28.7 Å². The zero-order valence-corrected chi connectivity index (χ0v) is 16.9. The fourth-order valence-electron chi connectivity index (χ4n) is 2.74. The highest BCUT2D eigenvalue weighted by Crippen LogP contribution is 2.29. The molecule has 0 saturated carbocycles. The van der Waals surface area contributed by atoms with E-state index in [1.54, 1.807) is 0 Å². The van der Waals surface area contributed by atoms with Crippen LogP contribution in [-0.2, 0) is 9.47 Å². The molecule has 0 spiro atoms. The summed E-state index contributed by atoms with van der Waals surface area (Å²) in [6.45, 7) is 12.3. The van der Waals surface area contributed by atoms with Gasteiger partial charge in [0.15, 0.2) is 0 Å². The van der Waals surface area contributed by atoms with Gasteiger partial charge in [0.1, 0.15) is 5.60 Å². The molecule has 1 saturated heterocycles. The first-order valence-corrected chi connectivity index (χ1v) is 9.92. The molecule has 22 heavy (non-hydrogen) atoms. The van der Waals surface area contributed by atoms with Crippen LogP contribution in [0, 0.1) is 5.92 Å². The standard InChI is InChI=1S/C17H32INO3/c1-6-8-14(2)11-21-17(12-18)9-7-10-19(13-17)15(20)22-16(3,4)5/h14H,6-13H2,1-5H3. The highest BCUT2D eigenvalue weighted by molar-refractivity contribution is 14.1. The number of ether oxygens (including phenoxy) is 2. The topological polar surface area (TPSA) is 38.8 Å². The Hall–Kier alpha value is -0.0400. The van der Waals surface area contributed by atoms with Gasteiger partial charge in [0, 0.05) is 11.0 Å². The molecular weight excluding hydrogens is 393 g/mol. The number of halogens is 1. The second-order valence-corrected chi connectivity index (χ2v) is 8.29. The van der Waals surface area contributed by atoms with E-state index in [1.165, 1.54) is 12.8 Å². The molecule has 1 fully saturated rings. The Bertz CT molecular complexity index is 356. The van der Waals surface area contributed by atoms with Crippen LogP contribution in [0.1, 0.15) is 60.3 Å². The van der Waals surface area contributed by atoms with Crippen LogP contribution < -0.4 is 0 Å². The van der Waals surface area contributed by atoms with Crippen molar-refractivity contribution in [2.75, 3.05) is 24.1 Å². The van der Waals surface area contributed by atoms with Crippen molar-refractivity contribution < 1.29 is 14.3 Å². The molecule has 1 aliphatic rings. The van der Waals surface area contributed by atoms with Gasteiger partial charge in [-0.3, -0.25) is 0 Å². The minimum Gasteiger partial charge on any atom is -0.444 e. The van der Waals surface area contributed by atoms with Gasteiger partial charge in [-0.05, 0) is 46.0 Å². The maximum Gasteiger partial charge on any atom is 0.410 e. The van der Waals surface area contributed by atoms with Crippen LogP contribution in [0.15, 0.2) is 0 Å². The van der Waals surface area contributed by atoms with Crippen LogP contribution in [-0.4, -0.2) is 46.3 Å². The van der Waals surface area contributed by atoms with Gasteiger partial charge in [0.25, 0.3) is 0 Å². The predicted octanol–water partition coefficient (Wildman–Crippen LogP) is 4.64. The van der Waals surface area contributed by atoms with Crippen LogP contribution in [0.2, 0.25) is 0 Å². The number of nitrogens with zero attached hydrogens (tertiary/aromatic N) is 1. The van der Waals surface area contributed by atoms with Crippen molar-refractivity contribution in [3.63, 3.8) is 0 Å². The van der Waals surface area contributed by atoms with Crippen molar-refractivity contribution in [2.24, 2.45) is 5.92 Å². The summed E-state index contributed by atoms with van der Waals surface area (Å²) in [5.74, 6) is 0.571. The average molecular weight is 425 g/mol. The fraction of sp³-hybridized carbons (Fsp3) is 0.941. The molecule has 2 atom stereocenters. The highest BCUT2D eigenvalue weighted by atomic mass is 127. The summed E-state index contributed by atoms with van der Waals surface area (Å²) in [5, 5.41) is 0. The van der Waals surface area contributed by atoms with Crippen molar-refractivity contribution in [1.29, 1.82) is 0 Å². The maximum atomic E-state index is 12.3. The summed E-state index contributed by atoms with van der Waals surface area (Å²) in [4.78, 5) is 14.1. The van der Waals surface area contributed by atoms with E-state index in [0.717, 1.165) is 30.4 Å². The number of hydrogen-bond acceptors (Lipinski definition) is 3. The van der Waals surface area contributed by atoms with E-state index in [4.69, 9.17) is 9.47 Å². The molecule has 0 aliphatic carbocycles. The van der Waals surface area contributed by atoms with Gasteiger partial charge in [0.2, 0.25) is 0 Å². The van der Waals surface area contributed by atoms with E-state index in [0.29, 0.717) is 12.5 Å². The quantitative estimate of drug-likeness (QED) is 0.460. The molecule has 0 aromatic rings. The lowest BCUT2D eigenvalue weighted by Crippen LogP contribution is -2.54. The first-order chi connectivity index (χ1) is 10.2. The van der Waals surface area contributed by atoms with Gasteiger partial charge >= 0.3 is 6.09 Å². The first kappa shape index (κ1) is 20.0. The van der Waals surface area contributed by atoms with Gasteiger partial charge in [-0.15, -0.1) is 0 Å². The Morgan fingerprint density at radius 3 is 2.64 bits per heavy atom. The number of carbonyl (C=O) groups excluding carboxylic acids is 1. The van der Waals surface area contributed by atoms with Crippen LogP contribution in [0.3, 0.4) is 0 Å². The number of alkyl halides is 1. The molecule has 1 rings (SSSR count). The van der Waals surface area contributed by atoms with Crippen LogP contribution in [0.25, 0.3) is 0 Å². The molecule has 130 valence electrons. The number of carbonyl (C=O) groups is 1. The predicted molar refractivity (Wildman–Crippen MR) is 98.7 cm³/mol. The minimum absolute atomic E-state index is 0.211. The highest BCUT2D eigenvalue weighted by Gasteiger charge is 2.38. The SMILES string of the molecule is CCCC(C)COC1(CI)CCCN(C(=O)OC(C)(C)C)C1. The van der Waals surface area contributed by atoms with Crippen LogP contribution in [0.5, 0.6) is 0 Å². The van der Waals surface area contributed by atoms with Crippen molar-refractivity contribution in [2.45, 2.75) is 71.5 Å². The van der Waals surface area contributed by atoms with Gasteiger partial charge in [-0.1, -0.05) is 42.9 Å². The zero-order valence-electron chi connectivity index (χ0n) is 14.8. The molecule has 0 radical (unpaired) electrons. The van der Waals surface area contributed by atoms with E-state index in [-0.39, 0.29) is 11.7 Å². The molecule has 0 aromatic carbocycles. The molecule has 0 N–H and O–H groups in total. The summed E-state index contributed by atoms with van der Waals surface area (Å²) in [6.07, 6.45) is 4.16. The summed E-state index contributed by atoms with van der Waals surface area (Å²) in [6, 6.07) is 0. The smallest absolute Gasteiger partial charge is 0.410 e. The van der Waals surface area contributed by atoms with Gasteiger partial charge in [-0.2, -0.15) is 0 Å². The van der Waals surface area contributed by atoms with E-state index in [2.05, 4.69) is 36.4 Å².